The summed E-state index contributed by atoms with van der Waals surface area (Å²) in [6.07, 6.45) is 5.45. The van der Waals surface area contributed by atoms with Gasteiger partial charge in [0.25, 0.3) is 5.56 Å². The maximum atomic E-state index is 12.8. The summed E-state index contributed by atoms with van der Waals surface area (Å²) in [7, 11) is 0. The van der Waals surface area contributed by atoms with Crippen molar-refractivity contribution in [3.63, 3.8) is 0 Å². The highest BCUT2D eigenvalue weighted by Crippen LogP contribution is 2.35. The molecule has 0 bridgehead atoms. The second kappa shape index (κ2) is 8.18. The molecule has 4 nitrogen and oxygen atoms in total. The van der Waals surface area contributed by atoms with E-state index in [2.05, 4.69) is 61.4 Å². The number of hydrogen-bond acceptors (Lipinski definition) is 3. The first-order valence-corrected chi connectivity index (χ1v) is 11.3. The maximum Gasteiger partial charge on any atom is 0.260 e. The summed E-state index contributed by atoms with van der Waals surface area (Å²) in [5.41, 5.74) is 2.68. The van der Waals surface area contributed by atoms with Crippen LogP contribution >= 0.6 is 11.3 Å². The molecule has 0 saturated carbocycles. The van der Waals surface area contributed by atoms with Gasteiger partial charge in [-0.3, -0.25) is 4.79 Å². The Balaban J connectivity index is 1.48. The highest BCUT2D eigenvalue weighted by Gasteiger charge is 2.24. The molecule has 1 aromatic carbocycles. The Kier molecular flexibility index (Phi) is 5.65. The Bertz CT molecular complexity index is 1010. The van der Waals surface area contributed by atoms with Crippen LogP contribution in [0, 0.1) is 5.92 Å². The lowest BCUT2D eigenvalue weighted by atomic mass is 9.89. The summed E-state index contributed by atoms with van der Waals surface area (Å²) in [6, 6.07) is 11.2. The zero-order valence-corrected chi connectivity index (χ0v) is 17.8. The Hall–Kier alpha value is -1.98. The van der Waals surface area contributed by atoms with Crippen LogP contribution in [0.5, 0.6) is 0 Å². The molecule has 0 aliphatic heterocycles. The first-order valence-electron chi connectivity index (χ1n) is 10.4. The molecule has 3 N–H and O–H groups in total. The third-order valence-corrected chi connectivity index (χ3v) is 7.11. The van der Waals surface area contributed by atoms with Gasteiger partial charge < -0.3 is 10.3 Å². The van der Waals surface area contributed by atoms with E-state index in [-0.39, 0.29) is 11.6 Å². The second-order valence-corrected chi connectivity index (χ2v) is 9.55. The monoisotopic (exact) mass is 396 g/mol. The van der Waals surface area contributed by atoms with Gasteiger partial charge in [0.1, 0.15) is 10.9 Å². The summed E-state index contributed by atoms with van der Waals surface area (Å²) < 4.78 is 0. The fraction of sp³-hybridized carbons (Fsp3) is 0.478. The number of benzene rings is 1. The van der Waals surface area contributed by atoms with Crippen LogP contribution < -0.4 is 10.9 Å². The molecule has 148 valence electrons. The molecule has 3 atom stereocenters. The minimum absolute atomic E-state index is 0.0456. The van der Waals surface area contributed by atoms with Gasteiger partial charge in [-0.2, -0.15) is 0 Å². The molecule has 2 aromatic heterocycles. The lowest BCUT2D eigenvalue weighted by Crippen LogP contribution is -2.89. The summed E-state index contributed by atoms with van der Waals surface area (Å²) in [5.74, 6) is 1.51. The van der Waals surface area contributed by atoms with Crippen molar-refractivity contribution in [1.29, 1.82) is 0 Å². The molecule has 1 aliphatic carbocycles. The van der Waals surface area contributed by atoms with E-state index < -0.39 is 0 Å². The number of thiophene rings is 1. The number of nitrogens with zero attached hydrogens (tertiary/aromatic N) is 1. The maximum absolute atomic E-state index is 12.8. The van der Waals surface area contributed by atoms with E-state index in [9.17, 15) is 4.79 Å². The zero-order valence-electron chi connectivity index (χ0n) is 17.0. The van der Waals surface area contributed by atoms with Crippen LogP contribution in [-0.4, -0.2) is 16.0 Å². The molecule has 0 spiro atoms. The standard InChI is InChI=1S/C23H29N3OS/c1-14-9-12-18-19(13-14)28-23-20(18)22(27)25-21(26-23)16(3)24-15(2)10-11-17-7-5-4-6-8-17/h4-8,14-16,24H,9-13H2,1-3H3,(H,25,26,27)/p+1/t14-,15-,16+/m0/s1. The average molecular weight is 397 g/mol. The molecule has 0 amide bonds. The Labute approximate surface area is 170 Å². The molecule has 0 saturated heterocycles. The molecular formula is C23H30N3OS+. The molecule has 0 fully saturated rings. The largest absolute Gasteiger partial charge is 0.336 e. The van der Waals surface area contributed by atoms with Crippen molar-refractivity contribution >= 4 is 21.6 Å². The van der Waals surface area contributed by atoms with Gasteiger partial charge in [0.05, 0.1) is 11.4 Å². The van der Waals surface area contributed by atoms with Gasteiger partial charge in [-0.25, -0.2) is 4.98 Å². The van der Waals surface area contributed by atoms with E-state index in [0.717, 1.165) is 41.7 Å². The predicted molar refractivity (Wildman–Crippen MR) is 116 cm³/mol. The third-order valence-electron chi connectivity index (χ3n) is 5.96. The van der Waals surface area contributed by atoms with Crippen molar-refractivity contribution in [3.8, 4) is 0 Å². The SMILES string of the molecule is C[C@H]1CCc2c(sc3nc([C@@H](C)[NH2+][C@@H](C)CCc4ccccc4)[nH]c(=O)c23)C1. The number of H-pyrrole nitrogens is 1. The van der Waals surface area contributed by atoms with Crippen molar-refractivity contribution < 1.29 is 5.32 Å². The van der Waals surface area contributed by atoms with Crippen molar-refractivity contribution in [3.05, 3.63) is 62.5 Å². The number of nitrogens with two attached hydrogens (primary N) is 1. The molecule has 5 heteroatoms. The number of nitrogens with one attached hydrogen (secondary N) is 1. The minimum Gasteiger partial charge on any atom is -0.336 e. The third kappa shape index (κ3) is 4.06. The number of rotatable bonds is 6. The number of quaternary nitrogens is 1. The van der Waals surface area contributed by atoms with Gasteiger partial charge in [-0.1, -0.05) is 37.3 Å². The Morgan fingerprint density at radius 1 is 1.29 bits per heavy atom. The van der Waals surface area contributed by atoms with Crippen molar-refractivity contribution in [2.45, 2.75) is 65.0 Å². The van der Waals surface area contributed by atoms with Gasteiger partial charge in [0.2, 0.25) is 0 Å². The fourth-order valence-electron chi connectivity index (χ4n) is 4.30. The first-order chi connectivity index (χ1) is 13.5. The number of aromatic amines is 1. The van der Waals surface area contributed by atoms with Crippen molar-refractivity contribution in [1.82, 2.24) is 9.97 Å². The second-order valence-electron chi connectivity index (χ2n) is 8.47. The molecule has 4 rings (SSSR count). The average Bonchev–Trinajstić information content (AvgIpc) is 3.05. The fourth-order valence-corrected chi connectivity index (χ4v) is 5.69. The number of aryl methyl sites for hydroxylation is 2. The Morgan fingerprint density at radius 2 is 2.07 bits per heavy atom. The van der Waals surface area contributed by atoms with E-state index in [0.29, 0.717) is 12.0 Å². The lowest BCUT2D eigenvalue weighted by Gasteiger charge is -2.17. The molecular weight excluding hydrogens is 366 g/mol. The molecule has 0 radical (unpaired) electrons. The first kappa shape index (κ1) is 19.3. The minimum atomic E-state index is 0.0456. The number of hydrogen-bond donors (Lipinski definition) is 2. The van der Waals surface area contributed by atoms with Crippen molar-refractivity contribution in [2.75, 3.05) is 0 Å². The van der Waals surface area contributed by atoms with Crippen LogP contribution in [0.1, 0.15) is 61.5 Å². The predicted octanol–water partition coefficient (Wildman–Crippen LogP) is 3.76. The molecule has 0 unspecified atom stereocenters. The topological polar surface area (TPSA) is 62.4 Å². The van der Waals surface area contributed by atoms with Crippen LogP contribution in [0.4, 0.5) is 0 Å². The quantitative estimate of drug-likeness (QED) is 0.666. The summed E-state index contributed by atoms with van der Waals surface area (Å²) in [5, 5.41) is 3.17. The number of fused-ring (bicyclic) bond motifs is 3. The molecule has 2 heterocycles. The lowest BCUT2D eigenvalue weighted by molar-refractivity contribution is -0.723. The van der Waals surface area contributed by atoms with E-state index in [1.54, 1.807) is 11.3 Å². The van der Waals surface area contributed by atoms with Gasteiger partial charge in [0.15, 0.2) is 5.82 Å². The van der Waals surface area contributed by atoms with Crippen LogP contribution in [0.2, 0.25) is 0 Å². The Morgan fingerprint density at radius 3 is 2.86 bits per heavy atom. The van der Waals surface area contributed by atoms with Crippen LogP contribution in [-0.2, 0) is 19.3 Å². The van der Waals surface area contributed by atoms with Crippen molar-refractivity contribution in [2.24, 2.45) is 5.92 Å². The van der Waals surface area contributed by atoms with Crippen LogP contribution in [0.15, 0.2) is 35.1 Å². The molecule has 28 heavy (non-hydrogen) atoms. The van der Waals surface area contributed by atoms with Gasteiger partial charge in [0, 0.05) is 11.3 Å². The summed E-state index contributed by atoms with van der Waals surface area (Å²) >= 11 is 1.73. The van der Waals surface area contributed by atoms with E-state index >= 15 is 0 Å². The normalized spacial score (nSPS) is 18.8. The molecule has 1 aliphatic rings. The summed E-state index contributed by atoms with van der Waals surface area (Å²) in [4.78, 5) is 23.1. The van der Waals surface area contributed by atoms with Gasteiger partial charge in [-0.05, 0) is 56.6 Å². The van der Waals surface area contributed by atoms with E-state index in [1.165, 1.54) is 22.4 Å². The van der Waals surface area contributed by atoms with Gasteiger partial charge in [-0.15, -0.1) is 11.3 Å². The van der Waals surface area contributed by atoms with Gasteiger partial charge >= 0.3 is 0 Å². The van der Waals surface area contributed by atoms with Crippen LogP contribution in [0.25, 0.3) is 10.2 Å². The van der Waals surface area contributed by atoms with Crippen LogP contribution in [0.3, 0.4) is 0 Å². The summed E-state index contributed by atoms with van der Waals surface area (Å²) in [6.45, 7) is 6.68. The highest BCUT2D eigenvalue weighted by atomic mass is 32.1. The smallest absolute Gasteiger partial charge is 0.260 e. The zero-order chi connectivity index (χ0) is 19.7. The highest BCUT2D eigenvalue weighted by molar-refractivity contribution is 7.18. The molecule has 3 aromatic rings. The van der Waals surface area contributed by atoms with E-state index in [1.807, 2.05) is 0 Å². The number of aromatic nitrogens is 2. The van der Waals surface area contributed by atoms with E-state index in [4.69, 9.17) is 4.98 Å².